The maximum atomic E-state index is 13.3. The minimum absolute atomic E-state index is 0.175. The number of rotatable bonds is 5. The van der Waals surface area contributed by atoms with Crippen LogP contribution in [0, 0.1) is 17.6 Å². The van der Waals surface area contributed by atoms with Gasteiger partial charge in [0, 0.05) is 12.8 Å². The van der Waals surface area contributed by atoms with Crippen molar-refractivity contribution in [3.05, 3.63) is 29.8 Å². The van der Waals surface area contributed by atoms with E-state index >= 15 is 0 Å². The van der Waals surface area contributed by atoms with Gasteiger partial charge in [-0.3, -0.25) is 14.9 Å². The Labute approximate surface area is 119 Å². The van der Waals surface area contributed by atoms with Gasteiger partial charge < -0.3 is 10.4 Å². The molecular formula is C13H14F2N2O4. The maximum Gasteiger partial charge on any atom is 0.325 e. The van der Waals surface area contributed by atoms with Crippen molar-refractivity contribution in [3.63, 3.8) is 0 Å². The summed E-state index contributed by atoms with van der Waals surface area (Å²) in [4.78, 5) is 33.3. The fourth-order valence-electron chi connectivity index (χ4n) is 1.62. The Bertz CT molecular complexity index is 563. The normalized spacial score (nSPS) is 11.6. The number of urea groups is 1. The summed E-state index contributed by atoms with van der Waals surface area (Å²) in [7, 11) is 0. The van der Waals surface area contributed by atoms with Crippen LogP contribution in [0.5, 0.6) is 0 Å². The van der Waals surface area contributed by atoms with Gasteiger partial charge >= 0.3 is 12.0 Å². The van der Waals surface area contributed by atoms with E-state index in [1.807, 2.05) is 10.6 Å². The highest BCUT2D eigenvalue weighted by Gasteiger charge is 2.16. The molecule has 1 unspecified atom stereocenters. The highest BCUT2D eigenvalue weighted by Crippen LogP contribution is 2.16. The molecular weight excluding hydrogens is 286 g/mol. The molecule has 6 nitrogen and oxygen atoms in total. The molecule has 1 rings (SSSR count). The zero-order valence-corrected chi connectivity index (χ0v) is 11.2. The number of aliphatic carboxylic acids is 1. The number of benzene rings is 1. The summed E-state index contributed by atoms with van der Waals surface area (Å²) in [5, 5.41) is 12.4. The molecule has 3 N–H and O–H groups in total. The van der Waals surface area contributed by atoms with Crippen LogP contribution in [0.4, 0.5) is 19.3 Å². The minimum Gasteiger partial charge on any atom is -0.481 e. The zero-order chi connectivity index (χ0) is 16.0. The molecule has 114 valence electrons. The predicted molar refractivity (Wildman–Crippen MR) is 69.6 cm³/mol. The first kappa shape index (κ1) is 16.5. The van der Waals surface area contributed by atoms with Crippen LogP contribution in [-0.4, -0.2) is 23.0 Å². The fraction of sp³-hybridized carbons (Fsp3) is 0.308. The number of carboxylic acid groups (broad SMARTS) is 1. The third-order valence-corrected chi connectivity index (χ3v) is 2.51. The first-order chi connectivity index (χ1) is 9.79. The molecule has 0 aliphatic rings. The number of hydrogen-bond donors (Lipinski definition) is 3. The summed E-state index contributed by atoms with van der Waals surface area (Å²) in [6, 6.07) is 2.20. The molecule has 0 bridgehead atoms. The molecule has 0 aliphatic heterocycles. The third-order valence-electron chi connectivity index (χ3n) is 2.51. The number of carboxylic acids is 1. The van der Waals surface area contributed by atoms with Crippen molar-refractivity contribution in [1.82, 2.24) is 5.32 Å². The molecule has 0 aliphatic carbocycles. The van der Waals surface area contributed by atoms with Crippen molar-refractivity contribution >= 4 is 23.6 Å². The summed E-state index contributed by atoms with van der Waals surface area (Å²) in [5.74, 6) is -4.59. The van der Waals surface area contributed by atoms with E-state index in [0.29, 0.717) is 0 Å². The number of anilines is 1. The number of hydrogen-bond acceptors (Lipinski definition) is 3. The van der Waals surface area contributed by atoms with Crippen molar-refractivity contribution in [3.8, 4) is 0 Å². The van der Waals surface area contributed by atoms with E-state index in [0.717, 1.165) is 12.1 Å². The lowest BCUT2D eigenvalue weighted by molar-refractivity contribution is -0.138. The summed E-state index contributed by atoms with van der Waals surface area (Å²) in [5.41, 5.74) is -0.404. The SMILES string of the molecule is CC(CC(=O)O)CC(=O)NC(=O)Nc1cccc(F)c1F. The van der Waals surface area contributed by atoms with Crippen molar-refractivity contribution in [2.45, 2.75) is 19.8 Å². The standard InChI is InChI=1S/C13H14F2N2O4/c1-7(6-11(19)20)5-10(18)17-13(21)16-9-4-2-3-8(14)12(9)15/h2-4,7H,5-6H2,1H3,(H,19,20)(H2,16,17,18,21). The second-order valence-electron chi connectivity index (χ2n) is 4.51. The average Bonchev–Trinajstić information content (AvgIpc) is 2.33. The van der Waals surface area contributed by atoms with Gasteiger partial charge in [0.15, 0.2) is 11.6 Å². The van der Waals surface area contributed by atoms with Gasteiger partial charge in [-0.25, -0.2) is 13.6 Å². The second kappa shape index (κ2) is 7.32. The molecule has 1 atom stereocenters. The van der Waals surface area contributed by atoms with Crippen LogP contribution in [0.25, 0.3) is 0 Å². The number of halogens is 2. The number of imide groups is 1. The van der Waals surface area contributed by atoms with E-state index in [4.69, 9.17) is 5.11 Å². The van der Waals surface area contributed by atoms with E-state index in [1.165, 1.54) is 13.0 Å². The Morgan fingerprint density at radius 2 is 1.90 bits per heavy atom. The van der Waals surface area contributed by atoms with E-state index in [-0.39, 0.29) is 12.8 Å². The Morgan fingerprint density at radius 1 is 1.24 bits per heavy atom. The number of carbonyl (C=O) groups excluding carboxylic acids is 2. The predicted octanol–water partition coefficient (Wildman–Crippen LogP) is 2.11. The summed E-state index contributed by atoms with van der Waals surface area (Å²) in [6.45, 7) is 1.54. The Kier molecular flexibility index (Phi) is 5.77. The van der Waals surface area contributed by atoms with Crippen LogP contribution in [0.1, 0.15) is 19.8 Å². The largest absolute Gasteiger partial charge is 0.481 e. The van der Waals surface area contributed by atoms with Crippen molar-refractivity contribution < 1.29 is 28.3 Å². The van der Waals surface area contributed by atoms with Crippen LogP contribution < -0.4 is 10.6 Å². The monoisotopic (exact) mass is 300 g/mol. The first-order valence-corrected chi connectivity index (χ1v) is 6.06. The highest BCUT2D eigenvalue weighted by atomic mass is 19.2. The van der Waals surface area contributed by atoms with Gasteiger partial charge in [0.1, 0.15) is 0 Å². The van der Waals surface area contributed by atoms with Crippen molar-refractivity contribution in [1.29, 1.82) is 0 Å². The molecule has 0 fully saturated rings. The smallest absolute Gasteiger partial charge is 0.325 e. The van der Waals surface area contributed by atoms with E-state index < -0.39 is 41.1 Å². The van der Waals surface area contributed by atoms with Crippen LogP contribution in [0.2, 0.25) is 0 Å². The van der Waals surface area contributed by atoms with E-state index in [9.17, 15) is 23.2 Å². The Balaban J connectivity index is 2.52. The van der Waals surface area contributed by atoms with Crippen LogP contribution >= 0.6 is 0 Å². The molecule has 21 heavy (non-hydrogen) atoms. The van der Waals surface area contributed by atoms with Crippen LogP contribution in [-0.2, 0) is 9.59 Å². The van der Waals surface area contributed by atoms with Gasteiger partial charge in [-0.2, -0.15) is 0 Å². The van der Waals surface area contributed by atoms with Gasteiger partial charge in [0.2, 0.25) is 5.91 Å². The number of amides is 3. The molecule has 3 amide bonds. The second-order valence-corrected chi connectivity index (χ2v) is 4.51. The fourth-order valence-corrected chi connectivity index (χ4v) is 1.62. The lowest BCUT2D eigenvalue weighted by atomic mass is 10.0. The highest BCUT2D eigenvalue weighted by molar-refractivity contribution is 6.01. The van der Waals surface area contributed by atoms with Gasteiger partial charge in [-0.15, -0.1) is 0 Å². The third kappa shape index (κ3) is 5.55. The van der Waals surface area contributed by atoms with Gasteiger partial charge in [0.25, 0.3) is 0 Å². The minimum atomic E-state index is -1.24. The number of carbonyl (C=O) groups is 3. The van der Waals surface area contributed by atoms with Crippen molar-refractivity contribution in [2.24, 2.45) is 5.92 Å². The van der Waals surface area contributed by atoms with E-state index in [2.05, 4.69) is 0 Å². The van der Waals surface area contributed by atoms with Crippen LogP contribution in [0.15, 0.2) is 18.2 Å². The van der Waals surface area contributed by atoms with Gasteiger partial charge in [0.05, 0.1) is 5.69 Å². The number of nitrogens with one attached hydrogen (secondary N) is 2. The summed E-state index contributed by atoms with van der Waals surface area (Å²) >= 11 is 0. The quantitative estimate of drug-likeness (QED) is 0.776. The Hall–Kier alpha value is -2.51. The van der Waals surface area contributed by atoms with E-state index in [1.54, 1.807) is 0 Å². The molecule has 0 radical (unpaired) electrons. The topological polar surface area (TPSA) is 95.5 Å². The lowest BCUT2D eigenvalue weighted by Crippen LogP contribution is -2.35. The molecule has 1 aromatic carbocycles. The van der Waals surface area contributed by atoms with Gasteiger partial charge in [-0.05, 0) is 18.1 Å². The van der Waals surface area contributed by atoms with Crippen molar-refractivity contribution in [2.75, 3.05) is 5.32 Å². The average molecular weight is 300 g/mol. The zero-order valence-electron chi connectivity index (χ0n) is 11.2. The lowest BCUT2D eigenvalue weighted by Gasteiger charge is -2.10. The Morgan fingerprint density at radius 3 is 2.52 bits per heavy atom. The first-order valence-electron chi connectivity index (χ1n) is 6.06. The summed E-state index contributed by atoms with van der Waals surface area (Å²) in [6.07, 6.45) is -0.390. The maximum absolute atomic E-state index is 13.3. The molecule has 0 aromatic heterocycles. The van der Waals surface area contributed by atoms with Crippen LogP contribution in [0.3, 0.4) is 0 Å². The molecule has 8 heteroatoms. The summed E-state index contributed by atoms with van der Waals surface area (Å²) < 4.78 is 26.2. The molecule has 1 aromatic rings. The molecule has 0 saturated carbocycles. The molecule has 0 heterocycles. The molecule has 0 spiro atoms. The van der Waals surface area contributed by atoms with Gasteiger partial charge in [-0.1, -0.05) is 13.0 Å². The molecule has 0 saturated heterocycles.